The van der Waals surface area contributed by atoms with Gasteiger partial charge in [0.15, 0.2) is 11.0 Å². The number of ether oxygens (including phenoxy) is 3. The monoisotopic (exact) mass is 611 g/mol. The Morgan fingerprint density at radius 3 is 2.54 bits per heavy atom. The fraction of sp³-hybridized carbons (Fsp3) is 0.520. The van der Waals surface area contributed by atoms with Crippen LogP contribution in [0, 0.1) is 0 Å². The van der Waals surface area contributed by atoms with Crippen molar-refractivity contribution in [2.24, 2.45) is 0 Å². The van der Waals surface area contributed by atoms with Crippen molar-refractivity contribution in [3.8, 4) is 11.5 Å². The minimum Gasteiger partial charge on any atom is -0.494 e. The molecule has 3 N–H and O–H groups in total. The number of benzene rings is 2. The molecule has 2 atom stereocenters. The third-order valence-electron chi connectivity index (χ3n) is 7.50. The zero-order valence-corrected chi connectivity index (χ0v) is 24.3. The van der Waals surface area contributed by atoms with Crippen LogP contribution >= 0.6 is 0 Å². The van der Waals surface area contributed by atoms with E-state index in [0.29, 0.717) is 31.6 Å². The van der Waals surface area contributed by atoms with Gasteiger partial charge in [-0.15, -0.1) is 0 Å². The van der Waals surface area contributed by atoms with E-state index >= 15 is 0 Å². The maximum absolute atomic E-state index is 13.4. The van der Waals surface area contributed by atoms with Crippen LogP contribution in [-0.2, 0) is 24.8 Å². The van der Waals surface area contributed by atoms with Crippen molar-refractivity contribution in [3.63, 3.8) is 0 Å². The molecule has 2 aromatic carbocycles. The molecule has 1 aromatic heterocycles. The predicted molar refractivity (Wildman–Crippen MR) is 146 cm³/mol. The van der Waals surface area contributed by atoms with Gasteiger partial charge >= 0.3 is 0 Å². The number of hydrogen-bond acceptors (Lipinski definition) is 12. The Morgan fingerprint density at radius 1 is 1.07 bits per heavy atom. The zero-order chi connectivity index (χ0) is 29.3. The van der Waals surface area contributed by atoms with Crippen LogP contribution in [0.25, 0.3) is 11.0 Å². The van der Waals surface area contributed by atoms with Crippen LogP contribution < -0.4 is 19.5 Å². The standard InChI is InChI=1S/C25H33N5O9S2/c1-26-40(32,33)21-6-4-3-5-19(21)37-16-18(31)14-27-17-13-25(38-15-17)9-11-30(12-10-25)41(34,35)22-8-7-20(36-2)23-24(22)29-39-28-23/h3-8,17-18,26-27,31H,9-16H2,1-2H3/t17?,18-/m0/s1. The number of aliphatic hydroxyl groups is 1. The Morgan fingerprint density at radius 2 is 1.80 bits per heavy atom. The van der Waals surface area contributed by atoms with Crippen LogP contribution in [0.1, 0.15) is 19.3 Å². The third kappa shape index (κ3) is 6.04. The van der Waals surface area contributed by atoms with Crippen molar-refractivity contribution in [3.05, 3.63) is 36.4 Å². The SMILES string of the molecule is CNS(=O)(=O)c1ccccc1OC[C@@H](O)CNC1COC2(CCN(S(=O)(=O)c3ccc(OC)c4nonc34)CC2)C1. The summed E-state index contributed by atoms with van der Waals surface area (Å²) in [5.74, 6) is 0.528. The highest BCUT2D eigenvalue weighted by atomic mass is 32.2. The number of hydrogen-bond donors (Lipinski definition) is 3. The summed E-state index contributed by atoms with van der Waals surface area (Å²) in [7, 11) is -4.78. The van der Waals surface area contributed by atoms with E-state index in [0.717, 1.165) is 0 Å². The Balaban J connectivity index is 1.13. The van der Waals surface area contributed by atoms with Crippen molar-refractivity contribution in [1.29, 1.82) is 0 Å². The molecule has 1 unspecified atom stereocenters. The summed E-state index contributed by atoms with van der Waals surface area (Å²) >= 11 is 0. The molecule has 0 amide bonds. The van der Waals surface area contributed by atoms with E-state index in [-0.39, 0.29) is 58.9 Å². The molecule has 0 saturated carbocycles. The van der Waals surface area contributed by atoms with Crippen LogP contribution in [-0.4, -0.2) is 101 Å². The molecule has 1 spiro atoms. The Bertz CT molecular complexity index is 1590. The average molecular weight is 612 g/mol. The van der Waals surface area contributed by atoms with E-state index in [9.17, 15) is 21.9 Å². The molecule has 2 aliphatic rings. The third-order valence-corrected chi connectivity index (χ3v) is 10.9. The molecule has 5 rings (SSSR count). The summed E-state index contributed by atoms with van der Waals surface area (Å²) in [5, 5.41) is 21.3. The maximum atomic E-state index is 13.4. The Hall–Kier alpha value is -2.86. The van der Waals surface area contributed by atoms with Gasteiger partial charge in [0, 0.05) is 25.7 Å². The van der Waals surface area contributed by atoms with Gasteiger partial charge in [-0.05, 0) is 60.9 Å². The topological polar surface area (TPSA) is 182 Å². The summed E-state index contributed by atoms with van der Waals surface area (Å²) in [6.07, 6.45) is 0.806. The van der Waals surface area contributed by atoms with E-state index in [1.807, 2.05) is 0 Å². The van der Waals surface area contributed by atoms with Gasteiger partial charge in [0.1, 0.15) is 34.0 Å². The second-order valence-electron chi connectivity index (χ2n) is 10.1. The van der Waals surface area contributed by atoms with Crippen LogP contribution in [0.3, 0.4) is 0 Å². The second kappa shape index (κ2) is 11.8. The van der Waals surface area contributed by atoms with Crippen LogP contribution in [0.4, 0.5) is 0 Å². The molecule has 3 aromatic rings. The van der Waals surface area contributed by atoms with Gasteiger partial charge in [-0.1, -0.05) is 12.1 Å². The number of fused-ring (bicyclic) bond motifs is 1. The lowest BCUT2D eigenvalue weighted by Crippen LogP contribution is -2.47. The molecule has 14 nitrogen and oxygen atoms in total. The molecule has 0 radical (unpaired) electrons. The highest BCUT2D eigenvalue weighted by Gasteiger charge is 2.45. The van der Waals surface area contributed by atoms with Crippen molar-refractivity contribution in [2.45, 2.75) is 46.8 Å². The van der Waals surface area contributed by atoms with Gasteiger partial charge in [0.05, 0.1) is 19.3 Å². The molecule has 2 fully saturated rings. The molecule has 0 aliphatic carbocycles. The average Bonchev–Trinajstić information content (AvgIpc) is 3.62. The fourth-order valence-corrected chi connectivity index (χ4v) is 7.67. The number of aromatic nitrogens is 2. The molecule has 16 heteroatoms. The second-order valence-corrected chi connectivity index (χ2v) is 13.8. The number of piperidine rings is 1. The first-order valence-corrected chi connectivity index (χ1v) is 16.0. The quantitative estimate of drug-likeness (QED) is 0.273. The van der Waals surface area contributed by atoms with Crippen LogP contribution in [0.5, 0.6) is 11.5 Å². The summed E-state index contributed by atoms with van der Waals surface area (Å²) < 4.78 is 76.7. The van der Waals surface area contributed by atoms with Gasteiger partial charge in [-0.3, -0.25) is 0 Å². The van der Waals surface area contributed by atoms with Gasteiger partial charge in [0.25, 0.3) is 0 Å². The molecule has 2 saturated heterocycles. The first-order chi connectivity index (χ1) is 19.6. The first-order valence-electron chi connectivity index (χ1n) is 13.1. The number of nitrogens with zero attached hydrogens (tertiary/aromatic N) is 3. The summed E-state index contributed by atoms with van der Waals surface area (Å²) in [4.78, 5) is 0.0102. The number of sulfonamides is 2. The number of aliphatic hydroxyl groups excluding tert-OH is 1. The molecular formula is C25H33N5O9S2. The summed E-state index contributed by atoms with van der Waals surface area (Å²) in [6.45, 7) is 1.09. The number of rotatable bonds is 11. The van der Waals surface area contributed by atoms with E-state index < -0.39 is 31.8 Å². The van der Waals surface area contributed by atoms with E-state index in [1.165, 1.54) is 42.7 Å². The first kappa shape index (κ1) is 29.6. The summed E-state index contributed by atoms with van der Waals surface area (Å²) in [6, 6.07) is 9.16. The number of methoxy groups -OCH3 is 1. The predicted octanol–water partition coefficient (Wildman–Crippen LogP) is 0.481. The lowest BCUT2D eigenvalue weighted by Gasteiger charge is -2.38. The van der Waals surface area contributed by atoms with Crippen LogP contribution in [0.15, 0.2) is 50.8 Å². The van der Waals surface area contributed by atoms with Crippen molar-refractivity contribution in [2.75, 3.05) is 47.0 Å². The minimum atomic E-state index is -3.85. The molecule has 0 bridgehead atoms. The molecule has 41 heavy (non-hydrogen) atoms. The van der Waals surface area contributed by atoms with Crippen molar-refractivity contribution in [1.82, 2.24) is 24.7 Å². The Labute approximate surface area is 238 Å². The lowest BCUT2D eigenvalue weighted by atomic mass is 9.88. The van der Waals surface area contributed by atoms with Gasteiger partial charge in [-0.2, -0.15) is 4.31 Å². The highest BCUT2D eigenvalue weighted by molar-refractivity contribution is 7.89. The fourth-order valence-electron chi connectivity index (χ4n) is 5.24. The van der Waals surface area contributed by atoms with Gasteiger partial charge in [0.2, 0.25) is 20.0 Å². The van der Waals surface area contributed by atoms with Crippen molar-refractivity contribution >= 4 is 31.1 Å². The number of nitrogens with one attached hydrogen (secondary N) is 2. The Kier molecular flexibility index (Phi) is 8.52. The van der Waals surface area contributed by atoms with Crippen molar-refractivity contribution < 1.29 is 40.8 Å². The number of para-hydroxylation sites is 1. The summed E-state index contributed by atoms with van der Waals surface area (Å²) in [5.41, 5.74) is -0.0911. The van der Waals surface area contributed by atoms with Gasteiger partial charge in [-0.25, -0.2) is 26.2 Å². The normalized spacial score (nSPS) is 20.4. The molecular weight excluding hydrogens is 578 g/mol. The van der Waals surface area contributed by atoms with Crippen LogP contribution in [0.2, 0.25) is 0 Å². The molecule has 224 valence electrons. The molecule has 2 aliphatic heterocycles. The minimum absolute atomic E-state index is 0.00347. The maximum Gasteiger partial charge on any atom is 0.245 e. The smallest absolute Gasteiger partial charge is 0.245 e. The lowest BCUT2D eigenvalue weighted by molar-refractivity contribution is -0.0312. The van der Waals surface area contributed by atoms with Gasteiger partial charge < -0.3 is 24.6 Å². The van der Waals surface area contributed by atoms with E-state index in [2.05, 4.69) is 20.4 Å². The van der Waals surface area contributed by atoms with E-state index in [1.54, 1.807) is 12.1 Å². The largest absolute Gasteiger partial charge is 0.494 e. The highest BCUT2D eigenvalue weighted by Crippen LogP contribution is 2.38. The zero-order valence-electron chi connectivity index (χ0n) is 22.6. The molecule has 3 heterocycles. The van der Waals surface area contributed by atoms with E-state index in [4.69, 9.17) is 18.8 Å².